The molecule has 0 aromatic heterocycles. The van der Waals surface area contributed by atoms with E-state index in [2.05, 4.69) is 12.1 Å². The van der Waals surface area contributed by atoms with E-state index in [-0.39, 0.29) is 11.0 Å². The topological polar surface area (TPSA) is 72.9 Å². The lowest BCUT2D eigenvalue weighted by molar-refractivity contribution is -0.118. The van der Waals surface area contributed by atoms with Crippen LogP contribution in [0.4, 0.5) is 0 Å². The van der Waals surface area contributed by atoms with Crippen LogP contribution in [-0.2, 0) is 32.5 Å². The first-order chi connectivity index (χ1) is 14.3. The molecule has 0 radical (unpaired) electrons. The van der Waals surface area contributed by atoms with Gasteiger partial charge in [-0.05, 0) is 60.7 Å². The van der Waals surface area contributed by atoms with Gasteiger partial charge in [0, 0.05) is 37.4 Å². The molecule has 4 rings (SSSR count). The molecule has 0 spiro atoms. The van der Waals surface area contributed by atoms with Crippen LogP contribution in [0, 0.1) is 0 Å². The number of benzene rings is 2. The standard InChI is InChI=1S/C23H27NO5S/c1-15(2)29-23-5-4-19(30(3,26)27)10-21(23)20-9-17(16-6-7-28-13-16)8-18-11-24(14-25)12-22(18)20/h4-5,8-10,14-16H,6-7,11-13H2,1-3H3. The van der Waals surface area contributed by atoms with Crippen LogP contribution in [0.1, 0.15) is 42.9 Å². The second-order valence-corrected chi connectivity index (χ2v) is 10.4. The summed E-state index contributed by atoms with van der Waals surface area (Å²) >= 11 is 0. The monoisotopic (exact) mass is 429 g/mol. The number of fused-ring (bicyclic) bond motifs is 1. The highest BCUT2D eigenvalue weighted by atomic mass is 32.2. The van der Waals surface area contributed by atoms with Gasteiger partial charge >= 0.3 is 0 Å². The predicted molar refractivity (Wildman–Crippen MR) is 114 cm³/mol. The van der Waals surface area contributed by atoms with Crippen LogP contribution >= 0.6 is 0 Å². The molecular weight excluding hydrogens is 402 g/mol. The molecule has 0 saturated carbocycles. The highest BCUT2D eigenvalue weighted by molar-refractivity contribution is 7.90. The molecule has 2 aromatic rings. The Morgan fingerprint density at radius 1 is 1.17 bits per heavy atom. The Hall–Kier alpha value is -2.38. The molecule has 30 heavy (non-hydrogen) atoms. The van der Waals surface area contributed by atoms with Crippen LogP contribution < -0.4 is 4.74 Å². The van der Waals surface area contributed by atoms with E-state index < -0.39 is 9.84 Å². The van der Waals surface area contributed by atoms with E-state index in [1.165, 1.54) is 6.26 Å². The number of ether oxygens (including phenoxy) is 2. The van der Waals surface area contributed by atoms with Crippen LogP contribution in [0.2, 0.25) is 0 Å². The molecule has 7 heteroatoms. The van der Waals surface area contributed by atoms with E-state index in [0.717, 1.165) is 47.3 Å². The van der Waals surface area contributed by atoms with Crippen LogP contribution in [0.3, 0.4) is 0 Å². The number of rotatable bonds is 6. The number of carbonyl (C=O) groups excluding carboxylic acids is 1. The van der Waals surface area contributed by atoms with E-state index in [1.807, 2.05) is 13.8 Å². The van der Waals surface area contributed by atoms with E-state index in [9.17, 15) is 13.2 Å². The zero-order valence-corrected chi connectivity index (χ0v) is 18.4. The van der Waals surface area contributed by atoms with Gasteiger partial charge in [-0.1, -0.05) is 12.1 Å². The zero-order chi connectivity index (χ0) is 21.5. The number of hydrogen-bond donors (Lipinski definition) is 0. The van der Waals surface area contributed by atoms with Crippen LogP contribution in [-0.4, -0.2) is 45.3 Å². The van der Waals surface area contributed by atoms with Gasteiger partial charge in [0.1, 0.15) is 5.75 Å². The Morgan fingerprint density at radius 3 is 2.60 bits per heavy atom. The summed E-state index contributed by atoms with van der Waals surface area (Å²) < 4.78 is 36.1. The number of nitrogens with zero attached hydrogens (tertiary/aromatic N) is 1. The summed E-state index contributed by atoms with van der Waals surface area (Å²) in [4.78, 5) is 13.4. The van der Waals surface area contributed by atoms with E-state index >= 15 is 0 Å². The van der Waals surface area contributed by atoms with Gasteiger partial charge in [-0.3, -0.25) is 4.79 Å². The maximum absolute atomic E-state index is 12.2. The number of sulfone groups is 1. The Balaban J connectivity index is 1.93. The first-order valence-electron chi connectivity index (χ1n) is 10.2. The largest absolute Gasteiger partial charge is 0.490 e. The van der Waals surface area contributed by atoms with E-state index in [0.29, 0.717) is 31.4 Å². The molecule has 1 fully saturated rings. The quantitative estimate of drug-likeness (QED) is 0.657. The molecule has 2 heterocycles. The minimum atomic E-state index is -3.38. The Morgan fingerprint density at radius 2 is 1.97 bits per heavy atom. The van der Waals surface area contributed by atoms with Crippen molar-refractivity contribution in [2.24, 2.45) is 0 Å². The lowest BCUT2D eigenvalue weighted by atomic mass is 9.89. The molecule has 160 valence electrons. The van der Waals surface area contributed by atoms with Gasteiger partial charge in [-0.15, -0.1) is 0 Å². The fourth-order valence-electron chi connectivity index (χ4n) is 4.22. The Bertz CT molecular complexity index is 1070. The number of amides is 1. The number of hydrogen-bond acceptors (Lipinski definition) is 5. The van der Waals surface area contributed by atoms with Gasteiger partial charge in [-0.2, -0.15) is 0 Å². The third kappa shape index (κ3) is 4.09. The lowest BCUT2D eigenvalue weighted by Crippen LogP contribution is -2.12. The molecule has 6 nitrogen and oxygen atoms in total. The van der Waals surface area contributed by atoms with Crippen molar-refractivity contribution in [3.8, 4) is 16.9 Å². The molecule has 0 bridgehead atoms. The molecule has 2 aliphatic heterocycles. The van der Waals surface area contributed by atoms with Gasteiger partial charge in [0.2, 0.25) is 6.41 Å². The summed E-state index contributed by atoms with van der Waals surface area (Å²) in [5.74, 6) is 0.941. The van der Waals surface area contributed by atoms with E-state index in [1.54, 1.807) is 23.1 Å². The number of carbonyl (C=O) groups is 1. The summed E-state index contributed by atoms with van der Waals surface area (Å²) in [7, 11) is -3.38. The maximum atomic E-state index is 12.2. The summed E-state index contributed by atoms with van der Waals surface area (Å²) in [6.07, 6.45) is 2.97. The fraction of sp³-hybridized carbons (Fsp3) is 0.435. The highest BCUT2D eigenvalue weighted by Gasteiger charge is 2.27. The second-order valence-electron chi connectivity index (χ2n) is 8.37. The Labute approximate surface area is 177 Å². The van der Waals surface area contributed by atoms with Crippen molar-refractivity contribution in [2.45, 2.75) is 50.3 Å². The molecular formula is C23H27NO5S. The van der Waals surface area contributed by atoms with Crippen molar-refractivity contribution in [1.29, 1.82) is 0 Å². The summed E-state index contributed by atoms with van der Waals surface area (Å²) in [6.45, 7) is 6.36. The van der Waals surface area contributed by atoms with Crippen molar-refractivity contribution in [2.75, 3.05) is 19.5 Å². The molecule has 2 aliphatic rings. The first-order valence-corrected chi connectivity index (χ1v) is 12.1. The van der Waals surface area contributed by atoms with Crippen molar-refractivity contribution >= 4 is 16.2 Å². The fourth-order valence-corrected chi connectivity index (χ4v) is 4.86. The van der Waals surface area contributed by atoms with E-state index in [4.69, 9.17) is 9.47 Å². The third-order valence-corrected chi connectivity index (χ3v) is 6.79. The average Bonchev–Trinajstić information content (AvgIpc) is 3.35. The van der Waals surface area contributed by atoms with Gasteiger partial charge in [0.15, 0.2) is 9.84 Å². The van der Waals surface area contributed by atoms with Crippen LogP contribution in [0.25, 0.3) is 11.1 Å². The average molecular weight is 430 g/mol. The van der Waals surface area contributed by atoms with Crippen LogP contribution in [0.5, 0.6) is 5.75 Å². The van der Waals surface area contributed by atoms with Crippen molar-refractivity contribution < 1.29 is 22.7 Å². The normalized spacial score (nSPS) is 18.7. The minimum Gasteiger partial charge on any atom is -0.490 e. The third-order valence-electron chi connectivity index (χ3n) is 5.68. The highest BCUT2D eigenvalue weighted by Crippen LogP contribution is 2.41. The summed E-state index contributed by atoms with van der Waals surface area (Å²) in [5.41, 5.74) is 4.98. The van der Waals surface area contributed by atoms with Crippen LogP contribution in [0.15, 0.2) is 35.2 Å². The summed E-state index contributed by atoms with van der Waals surface area (Å²) in [5, 5.41) is 0. The molecule has 1 amide bonds. The summed E-state index contributed by atoms with van der Waals surface area (Å²) in [6, 6.07) is 9.31. The molecule has 1 atom stereocenters. The molecule has 1 unspecified atom stereocenters. The van der Waals surface area contributed by atoms with Crippen molar-refractivity contribution in [3.63, 3.8) is 0 Å². The molecule has 0 N–H and O–H groups in total. The van der Waals surface area contributed by atoms with Gasteiger partial charge < -0.3 is 14.4 Å². The van der Waals surface area contributed by atoms with Crippen molar-refractivity contribution in [3.05, 3.63) is 47.0 Å². The first kappa shape index (κ1) is 20.9. The molecule has 2 aromatic carbocycles. The van der Waals surface area contributed by atoms with Gasteiger partial charge in [0.25, 0.3) is 0 Å². The SMILES string of the molecule is CC(C)Oc1ccc(S(C)(=O)=O)cc1-c1cc(C2CCOC2)cc2c1CN(C=O)C2. The zero-order valence-electron chi connectivity index (χ0n) is 17.6. The smallest absolute Gasteiger partial charge is 0.210 e. The second kappa shape index (κ2) is 8.04. The molecule has 0 aliphatic carbocycles. The van der Waals surface area contributed by atoms with Crippen molar-refractivity contribution in [1.82, 2.24) is 4.90 Å². The predicted octanol–water partition coefficient (Wildman–Crippen LogP) is 3.52. The Kier molecular flexibility index (Phi) is 5.59. The van der Waals surface area contributed by atoms with Gasteiger partial charge in [0.05, 0.1) is 17.6 Å². The lowest BCUT2D eigenvalue weighted by Gasteiger charge is -2.19. The maximum Gasteiger partial charge on any atom is 0.210 e. The van der Waals surface area contributed by atoms with Gasteiger partial charge in [-0.25, -0.2) is 8.42 Å². The minimum absolute atomic E-state index is 0.0567. The molecule has 1 saturated heterocycles.